The van der Waals surface area contributed by atoms with Crippen molar-refractivity contribution in [2.45, 2.75) is 19.4 Å². The average Bonchev–Trinajstić information content (AvgIpc) is 2.60. The van der Waals surface area contributed by atoms with E-state index >= 15 is 0 Å². The molecule has 3 aromatic rings. The second kappa shape index (κ2) is 7.05. The number of fused-ring (bicyclic) bond motifs is 1. The van der Waals surface area contributed by atoms with Gasteiger partial charge in [0, 0.05) is 26.9 Å². The Morgan fingerprint density at radius 1 is 1.21 bits per heavy atom. The lowest BCUT2D eigenvalue weighted by molar-refractivity contribution is 0.286. The minimum absolute atomic E-state index is 0.0341. The van der Waals surface area contributed by atoms with Gasteiger partial charge in [-0.3, -0.25) is 0 Å². The van der Waals surface area contributed by atoms with Crippen LogP contribution in [-0.4, -0.2) is 0 Å². The Hall–Kier alpha value is -2.33. The summed E-state index contributed by atoms with van der Waals surface area (Å²) < 4.78 is 12.2. The van der Waals surface area contributed by atoms with Gasteiger partial charge in [0.1, 0.15) is 12.2 Å². The summed E-state index contributed by atoms with van der Waals surface area (Å²) in [7, 11) is 0. The second-order valence-electron chi connectivity index (χ2n) is 5.53. The van der Waals surface area contributed by atoms with Crippen LogP contribution >= 0.6 is 15.9 Å². The fourth-order valence-electron chi connectivity index (χ4n) is 2.63. The van der Waals surface area contributed by atoms with Crippen molar-refractivity contribution in [1.82, 2.24) is 0 Å². The van der Waals surface area contributed by atoms with Crippen LogP contribution in [0.15, 0.2) is 74.9 Å². The van der Waals surface area contributed by atoms with Gasteiger partial charge in [-0.1, -0.05) is 65.3 Å². The van der Waals surface area contributed by atoms with Gasteiger partial charge in [0.25, 0.3) is 0 Å². The number of hydrogen-bond acceptors (Lipinski definition) is 3. The van der Waals surface area contributed by atoms with E-state index < -0.39 is 5.63 Å². The van der Waals surface area contributed by atoms with Crippen LogP contribution in [0.1, 0.15) is 24.0 Å². The molecule has 0 bridgehead atoms. The van der Waals surface area contributed by atoms with Crippen molar-refractivity contribution in [3.05, 3.63) is 87.2 Å². The van der Waals surface area contributed by atoms with Crippen molar-refractivity contribution in [1.29, 1.82) is 0 Å². The lowest BCUT2D eigenvalue weighted by Gasteiger charge is -2.16. The fourth-order valence-corrected chi connectivity index (χ4v) is 3.03. The first-order valence-corrected chi connectivity index (χ1v) is 8.45. The van der Waals surface area contributed by atoms with E-state index in [9.17, 15) is 4.79 Å². The highest BCUT2D eigenvalue weighted by Gasteiger charge is 2.19. The molecule has 0 saturated heterocycles. The first kappa shape index (κ1) is 16.5. The Morgan fingerprint density at radius 2 is 1.92 bits per heavy atom. The molecular formula is C20H17BrO3. The zero-order chi connectivity index (χ0) is 17.1. The van der Waals surface area contributed by atoms with Crippen LogP contribution in [0.5, 0.6) is 5.75 Å². The summed E-state index contributed by atoms with van der Waals surface area (Å²) >= 11 is 3.49. The van der Waals surface area contributed by atoms with Gasteiger partial charge in [-0.25, -0.2) is 4.79 Å². The van der Waals surface area contributed by atoms with Gasteiger partial charge in [-0.15, -0.1) is 6.58 Å². The topological polar surface area (TPSA) is 39.4 Å². The average molecular weight is 385 g/mol. The van der Waals surface area contributed by atoms with E-state index in [-0.39, 0.29) is 18.3 Å². The molecule has 0 aliphatic rings. The van der Waals surface area contributed by atoms with Gasteiger partial charge in [0.05, 0.1) is 0 Å². The Bertz CT molecular complexity index is 943. The Balaban J connectivity index is 2.09. The maximum Gasteiger partial charge on any atom is 0.379 e. The molecule has 0 fully saturated rings. The van der Waals surface area contributed by atoms with Gasteiger partial charge in [-0.05, 0) is 12.1 Å². The molecule has 1 aromatic heterocycles. The van der Waals surface area contributed by atoms with Crippen LogP contribution in [0.2, 0.25) is 0 Å². The van der Waals surface area contributed by atoms with Crippen LogP contribution in [0.4, 0.5) is 0 Å². The molecule has 2 aromatic carbocycles. The number of benzene rings is 2. The number of ether oxygens (including phenoxy) is 1. The third-order valence-corrected chi connectivity index (χ3v) is 4.72. The van der Waals surface area contributed by atoms with Gasteiger partial charge in [0.2, 0.25) is 5.75 Å². The smallest absolute Gasteiger partial charge is 0.379 e. The number of hydrogen-bond donors (Lipinski definition) is 0. The molecule has 0 spiro atoms. The molecule has 4 heteroatoms. The highest BCUT2D eigenvalue weighted by atomic mass is 79.9. The summed E-state index contributed by atoms with van der Waals surface area (Å²) in [6, 6.07) is 15.2. The van der Waals surface area contributed by atoms with Crippen molar-refractivity contribution < 1.29 is 9.15 Å². The predicted octanol–water partition coefficient (Wildman–Crippen LogP) is 5.42. The summed E-state index contributed by atoms with van der Waals surface area (Å²) in [5, 5.41) is 0.867. The lowest BCUT2D eigenvalue weighted by Crippen LogP contribution is -2.12. The summed E-state index contributed by atoms with van der Waals surface area (Å²) in [5.74, 6) is 0.213. The lowest BCUT2D eigenvalue weighted by atomic mass is 9.97. The van der Waals surface area contributed by atoms with E-state index in [4.69, 9.17) is 9.15 Å². The standard InChI is InChI=1S/C20H17BrO3/c1-3-13(2)18-15-9-5-7-11-17(15)24-20(22)19(18)23-12-14-8-4-6-10-16(14)21/h3-11,13H,1,12H2,2H3. The normalized spacial score (nSPS) is 12.1. The maximum atomic E-state index is 12.4. The Morgan fingerprint density at radius 3 is 2.67 bits per heavy atom. The van der Waals surface area contributed by atoms with E-state index in [2.05, 4.69) is 22.5 Å². The highest BCUT2D eigenvalue weighted by molar-refractivity contribution is 9.10. The summed E-state index contributed by atoms with van der Waals surface area (Å²) in [5.41, 5.74) is 1.86. The summed E-state index contributed by atoms with van der Waals surface area (Å²) in [4.78, 5) is 12.4. The van der Waals surface area contributed by atoms with Crippen LogP contribution in [0, 0.1) is 0 Å². The molecule has 0 radical (unpaired) electrons. The van der Waals surface area contributed by atoms with Crippen LogP contribution < -0.4 is 10.4 Å². The molecular weight excluding hydrogens is 368 g/mol. The minimum Gasteiger partial charge on any atom is -0.481 e. The molecule has 3 nitrogen and oxygen atoms in total. The van der Waals surface area contributed by atoms with Crippen molar-refractivity contribution in [2.24, 2.45) is 0 Å². The molecule has 24 heavy (non-hydrogen) atoms. The van der Waals surface area contributed by atoms with Crippen molar-refractivity contribution in [3.63, 3.8) is 0 Å². The van der Waals surface area contributed by atoms with Gasteiger partial charge in [0.15, 0.2) is 0 Å². The molecule has 0 N–H and O–H groups in total. The third-order valence-electron chi connectivity index (χ3n) is 3.95. The fraction of sp³-hybridized carbons (Fsp3) is 0.150. The second-order valence-corrected chi connectivity index (χ2v) is 6.39. The van der Waals surface area contributed by atoms with Gasteiger partial charge >= 0.3 is 5.63 Å². The van der Waals surface area contributed by atoms with Crippen LogP contribution in [-0.2, 0) is 6.61 Å². The molecule has 0 saturated carbocycles. The molecule has 1 atom stereocenters. The predicted molar refractivity (Wildman–Crippen MR) is 99.6 cm³/mol. The SMILES string of the molecule is C=CC(C)c1c(OCc2ccccc2Br)c(=O)oc2ccccc12. The third kappa shape index (κ3) is 3.15. The zero-order valence-corrected chi connectivity index (χ0v) is 14.9. The van der Waals surface area contributed by atoms with E-state index in [1.165, 1.54) is 0 Å². The quantitative estimate of drug-likeness (QED) is 0.435. The van der Waals surface area contributed by atoms with Crippen molar-refractivity contribution in [2.75, 3.05) is 0 Å². The molecule has 0 amide bonds. The van der Waals surface area contributed by atoms with E-state index in [0.29, 0.717) is 5.58 Å². The Kier molecular flexibility index (Phi) is 4.86. The van der Waals surface area contributed by atoms with E-state index in [1.54, 1.807) is 12.1 Å². The molecule has 122 valence electrons. The first-order valence-electron chi connectivity index (χ1n) is 7.66. The van der Waals surface area contributed by atoms with Gasteiger partial charge < -0.3 is 9.15 Å². The molecule has 0 aliphatic carbocycles. The number of halogens is 1. The van der Waals surface area contributed by atoms with Crippen molar-refractivity contribution >= 4 is 26.9 Å². The van der Waals surface area contributed by atoms with Crippen molar-refractivity contribution in [3.8, 4) is 5.75 Å². The first-order chi connectivity index (χ1) is 11.6. The largest absolute Gasteiger partial charge is 0.481 e. The highest BCUT2D eigenvalue weighted by Crippen LogP contribution is 2.32. The summed E-state index contributed by atoms with van der Waals surface area (Å²) in [6.07, 6.45) is 1.80. The number of allylic oxidation sites excluding steroid dienone is 1. The molecule has 0 aliphatic heterocycles. The number of rotatable bonds is 5. The molecule has 1 unspecified atom stereocenters. The number of para-hydroxylation sites is 1. The summed E-state index contributed by atoms with van der Waals surface area (Å²) in [6.45, 7) is 6.12. The monoisotopic (exact) mass is 384 g/mol. The molecule has 1 heterocycles. The van der Waals surface area contributed by atoms with Crippen LogP contribution in [0.25, 0.3) is 11.0 Å². The zero-order valence-electron chi connectivity index (χ0n) is 13.3. The van der Waals surface area contributed by atoms with Gasteiger partial charge in [-0.2, -0.15) is 0 Å². The Labute approximate surface area is 148 Å². The maximum absolute atomic E-state index is 12.4. The van der Waals surface area contributed by atoms with E-state index in [1.807, 2.05) is 49.4 Å². The minimum atomic E-state index is -0.468. The van der Waals surface area contributed by atoms with Crippen LogP contribution in [0.3, 0.4) is 0 Å². The molecule has 3 rings (SSSR count). The van der Waals surface area contributed by atoms with E-state index in [0.717, 1.165) is 21.0 Å².